The maximum Gasteiger partial charge on any atom is 0.387 e. The lowest BCUT2D eigenvalue weighted by Gasteiger charge is -2.37. The molecule has 1 fully saturated rings. The largest absolute Gasteiger partial charge is 0.497 e. The summed E-state index contributed by atoms with van der Waals surface area (Å²) in [6, 6.07) is 15.6. The summed E-state index contributed by atoms with van der Waals surface area (Å²) in [5, 5.41) is 7.19. The number of carbonyl (C=O) groups excluding carboxylic acids is 1. The minimum atomic E-state index is -0.543. The summed E-state index contributed by atoms with van der Waals surface area (Å²) in [6.07, 6.45) is 0. The molecule has 2 aromatic carbocycles. The molecule has 7 nitrogen and oxygen atoms in total. The zero-order valence-corrected chi connectivity index (χ0v) is 14.5. The lowest BCUT2D eigenvalue weighted by Crippen LogP contribution is -2.46. The van der Waals surface area contributed by atoms with E-state index >= 15 is 0 Å². The number of methoxy groups -OCH3 is 1. The molecule has 0 bridgehead atoms. The number of ether oxygens (including phenoxy) is 1. The van der Waals surface area contributed by atoms with Crippen molar-refractivity contribution < 1.29 is 9.53 Å². The van der Waals surface area contributed by atoms with Crippen molar-refractivity contribution in [3.8, 4) is 5.75 Å². The van der Waals surface area contributed by atoms with Crippen LogP contribution in [0.25, 0.3) is 0 Å². The van der Waals surface area contributed by atoms with Gasteiger partial charge in [-0.1, -0.05) is 5.11 Å². The zero-order chi connectivity index (χ0) is 17.9. The Morgan fingerprint density at radius 3 is 1.81 bits per heavy atom. The molecule has 1 saturated heterocycles. The molecule has 2 heterocycles. The molecular formula is C19H19N5O2. The molecule has 0 N–H and O–H groups in total. The van der Waals surface area contributed by atoms with Gasteiger partial charge in [0.2, 0.25) is 0 Å². The van der Waals surface area contributed by atoms with Crippen molar-refractivity contribution >= 4 is 23.2 Å². The second kappa shape index (κ2) is 6.95. The minimum Gasteiger partial charge on any atom is -0.497 e. The molecule has 0 atom stereocenters. The number of hydrogen-bond acceptors (Lipinski definition) is 5. The number of hydrogen-bond donors (Lipinski definition) is 0. The van der Waals surface area contributed by atoms with E-state index in [0.29, 0.717) is 5.84 Å². The van der Waals surface area contributed by atoms with Gasteiger partial charge in [0.05, 0.1) is 7.11 Å². The van der Waals surface area contributed by atoms with Gasteiger partial charge in [0, 0.05) is 43.1 Å². The van der Waals surface area contributed by atoms with Crippen molar-refractivity contribution in [2.24, 2.45) is 15.2 Å². The van der Waals surface area contributed by atoms with Crippen LogP contribution in [0.4, 0.5) is 16.2 Å². The summed E-state index contributed by atoms with van der Waals surface area (Å²) in [5.74, 6) is 1.26. The fourth-order valence-corrected chi connectivity index (χ4v) is 3.18. The molecule has 2 aromatic rings. The van der Waals surface area contributed by atoms with Gasteiger partial charge >= 0.3 is 6.03 Å². The van der Waals surface area contributed by atoms with Crippen molar-refractivity contribution in [2.45, 2.75) is 0 Å². The predicted molar refractivity (Wildman–Crippen MR) is 101 cm³/mol. The van der Waals surface area contributed by atoms with Gasteiger partial charge in [-0.3, -0.25) is 0 Å². The van der Waals surface area contributed by atoms with Gasteiger partial charge in [-0.15, -0.1) is 5.11 Å². The first-order valence-electron chi connectivity index (χ1n) is 8.52. The maximum absolute atomic E-state index is 11.1. The summed E-state index contributed by atoms with van der Waals surface area (Å²) >= 11 is 0. The molecule has 4 rings (SSSR count). The number of aliphatic imine (C=N–C) groups is 1. The van der Waals surface area contributed by atoms with Crippen molar-refractivity contribution in [1.29, 1.82) is 0 Å². The van der Waals surface area contributed by atoms with Gasteiger partial charge < -0.3 is 14.5 Å². The normalized spacial score (nSPS) is 16.8. The first-order chi connectivity index (χ1) is 12.7. The topological polar surface area (TPSA) is 69.9 Å². The van der Waals surface area contributed by atoms with Crippen LogP contribution in [0.3, 0.4) is 0 Å². The third-order valence-corrected chi connectivity index (χ3v) is 4.64. The summed E-state index contributed by atoms with van der Waals surface area (Å²) in [6.45, 7) is 3.82. The number of anilines is 2. The van der Waals surface area contributed by atoms with Crippen LogP contribution in [0.15, 0.2) is 63.8 Å². The summed E-state index contributed by atoms with van der Waals surface area (Å²) in [4.78, 5) is 19.6. The van der Waals surface area contributed by atoms with E-state index < -0.39 is 6.03 Å². The van der Waals surface area contributed by atoms with Crippen LogP contribution in [-0.4, -0.2) is 45.2 Å². The van der Waals surface area contributed by atoms with E-state index in [2.05, 4.69) is 37.2 Å². The van der Waals surface area contributed by atoms with Gasteiger partial charge in [0.25, 0.3) is 0 Å². The van der Waals surface area contributed by atoms with Crippen molar-refractivity contribution in [2.75, 3.05) is 43.1 Å². The Kier molecular flexibility index (Phi) is 4.35. The summed E-state index contributed by atoms with van der Waals surface area (Å²) < 4.78 is 5.22. The molecule has 7 heteroatoms. The average Bonchev–Trinajstić information content (AvgIpc) is 3.15. The quantitative estimate of drug-likeness (QED) is 0.849. The third kappa shape index (κ3) is 3.28. The standard InChI is InChI=1S/C19H19N5O2/c1-26-17-8-6-16(7-9-17)24-12-10-23(11-13-24)15-4-2-14(3-5-15)18-20-19(25)22-21-18/h2-9H,10-13H2,1H3. The number of azo groups is 1. The van der Waals surface area contributed by atoms with Gasteiger partial charge in [0.15, 0.2) is 5.84 Å². The summed E-state index contributed by atoms with van der Waals surface area (Å²) in [5.41, 5.74) is 3.18. The monoisotopic (exact) mass is 349 g/mol. The fourth-order valence-electron chi connectivity index (χ4n) is 3.18. The first kappa shape index (κ1) is 16.3. The number of amides is 2. The minimum absolute atomic E-state index is 0.380. The molecule has 2 aliphatic rings. The van der Waals surface area contributed by atoms with E-state index in [4.69, 9.17) is 4.74 Å². The van der Waals surface area contributed by atoms with Crippen LogP contribution in [-0.2, 0) is 0 Å². The highest BCUT2D eigenvalue weighted by Gasteiger charge is 2.18. The van der Waals surface area contributed by atoms with Crippen LogP contribution in [0.5, 0.6) is 5.75 Å². The SMILES string of the molecule is COc1ccc(N2CCN(c3ccc(C4=NC(=O)N=N4)cc3)CC2)cc1. The fraction of sp³-hybridized carbons (Fsp3) is 0.263. The molecule has 132 valence electrons. The Balaban J connectivity index is 1.39. The van der Waals surface area contributed by atoms with Crippen LogP contribution in [0.1, 0.15) is 5.56 Å². The van der Waals surface area contributed by atoms with Gasteiger partial charge in [-0.2, -0.15) is 4.99 Å². The van der Waals surface area contributed by atoms with Crippen LogP contribution >= 0.6 is 0 Å². The number of rotatable bonds is 4. The zero-order valence-electron chi connectivity index (χ0n) is 14.5. The second-order valence-corrected chi connectivity index (χ2v) is 6.14. The highest BCUT2D eigenvalue weighted by atomic mass is 16.5. The molecule has 2 aliphatic heterocycles. The molecule has 0 unspecified atom stereocenters. The Morgan fingerprint density at radius 2 is 1.35 bits per heavy atom. The van der Waals surface area contributed by atoms with Crippen molar-refractivity contribution in [3.05, 3.63) is 54.1 Å². The van der Waals surface area contributed by atoms with Gasteiger partial charge in [-0.25, -0.2) is 4.79 Å². The molecule has 2 amide bonds. The van der Waals surface area contributed by atoms with Gasteiger partial charge in [0.1, 0.15) is 5.75 Å². The lowest BCUT2D eigenvalue weighted by atomic mass is 10.1. The van der Waals surface area contributed by atoms with Crippen LogP contribution in [0, 0.1) is 0 Å². The lowest BCUT2D eigenvalue weighted by molar-refractivity contribution is 0.257. The van der Waals surface area contributed by atoms with E-state index in [-0.39, 0.29) is 0 Å². The number of urea groups is 1. The summed E-state index contributed by atoms with van der Waals surface area (Å²) in [7, 11) is 1.68. The molecule has 0 saturated carbocycles. The number of amidine groups is 1. The highest BCUT2D eigenvalue weighted by Crippen LogP contribution is 2.23. The van der Waals surface area contributed by atoms with E-state index in [9.17, 15) is 4.79 Å². The number of nitrogens with zero attached hydrogens (tertiary/aromatic N) is 5. The van der Waals surface area contributed by atoms with E-state index in [1.54, 1.807) is 7.11 Å². The maximum atomic E-state index is 11.1. The number of benzene rings is 2. The first-order valence-corrected chi connectivity index (χ1v) is 8.52. The smallest absolute Gasteiger partial charge is 0.387 e. The van der Waals surface area contributed by atoms with Gasteiger partial charge in [-0.05, 0) is 48.5 Å². The number of carbonyl (C=O) groups is 1. The molecule has 0 radical (unpaired) electrons. The Morgan fingerprint density at radius 1 is 0.808 bits per heavy atom. The highest BCUT2D eigenvalue weighted by molar-refractivity contribution is 6.08. The van der Waals surface area contributed by atoms with Crippen molar-refractivity contribution in [1.82, 2.24) is 0 Å². The molecule has 0 aromatic heterocycles. The molecule has 0 aliphatic carbocycles. The van der Waals surface area contributed by atoms with E-state index in [1.165, 1.54) is 5.69 Å². The third-order valence-electron chi connectivity index (χ3n) is 4.64. The average molecular weight is 349 g/mol. The predicted octanol–water partition coefficient (Wildman–Crippen LogP) is 3.35. The van der Waals surface area contributed by atoms with E-state index in [1.807, 2.05) is 36.4 Å². The number of piperazine rings is 1. The van der Waals surface area contributed by atoms with Crippen LogP contribution in [0.2, 0.25) is 0 Å². The van der Waals surface area contributed by atoms with E-state index in [0.717, 1.165) is 43.2 Å². The molecule has 0 spiro atoms. The van der Waals surface area contributed by atoms with Crippen LogP contribution < -0.4 is 14.5 Å². The Hall–Kier alpha value is -3.22. The Labute approximate surface area is 151 Å². The molecular weight excluding hydrogens is 330 g/mol. The Bertz CT molecular complexity index is 851. The molecule has 26 heavy (non-hydrogen) atoms. The second-order valence-electron chi connectivity index (χ2n) is 6.14. The van der Waals surface area contributed by atoms with Crippen molar-refractivity contribution in [3.63, 3.8) is 0 Å².